The molecule has 2 rings (SSSR count). The Morgan fingerprint density at radius 2 is 2.05 bits per heavy atom. The van der Waals surface area contributed by atoms with Gasteiger partial charge in [-0.05, 0) is 18.2 Å². The fourth-order valence-corrected chi connectivity index (χ4v) is 1.89. The van der Waals surface area contributed by atoms with Crippen LogP contribution in [-0.2, 0) is 11.0 Å². The first-order chi connectivity index (χ1) is 9.77. The number of carbonyl (C=O) groups excluding carboxylic acids is 1. The molecule has 0 radical (unpaired) electrons. The maximum Gasteiger partial charge on any atom is 0.416 e. The molecule has 1 heterocycles. The summed E-state index contributed by atoms with van der Waals surface area (Å²) in [5.74, 6) is -0.719. The highest BCUT2D eigenvalue weighted by Crippen LogP contribution is 2.31. The Morgan fingerprint density at radius 1 is 1.33 bits per heavy atom. The molecule has 1 aliphatic rings. The minimum absolute atomic E-state index is 0.0358. The van der Waals surface area contributed by atoms with Crippen LogP contribution < -0.4 is 5.32 Å². The third kappa shape index (κ3) is 3.53. The molecule has 0 saturated carbocycles. The molecule has 0 aliphatic carbocycles. The lowest BCUT2D eigenvalue weighted by Crippen LogP contribution is -2.38. The van der Waals surface area contributed by atoms with Gasteiger partial charge in [0.25, 0.3) is 5.91 Å². The first-order valence-corrected chi connectivity index (χ1v) is 5.96. The van der Waals surface area contributed by atoms with Gasteiger partial charge in [0.1, 0.15) is 0 Å². The largest absolute Gasteiger partial charge is 0.465 e. The van der Waals surface area contributed by atoms with Gasteiger partial charge in [0.15, 0.2) is 0 Å². The van der Waals surface area contributed by atoms with Gasteiger partial charge < -0.3 is 10.4 Å². The molecule has 2 amide bonds. The molecule has 1 aromatic carbocycles. The van der Waals surface area contributed by atoms with E-state index in [1.54, 1.807) is 0 Å². The average Bonchev–Trinajstić information content (AvgIpc) is 2.37. The van der Waals surface area contributed by atoms with Crippen molar-refractivity contribution in [1.82, 2.24) is 4.90 Å². The highest BCUT2D eigenvalue weighted by Gasteiger charge is 2.30. The Labute approximate surface area is 117 Å². The van der Waals surface area contributed by atoms with E-state index in [1.165, 1.54) is 12.1 Å². The first kappa shape index (κ1) is 14.9. The smallest absolute Gasteiger partial charge is 0.416 e. The Bertz CT molecular complexity index is 611. The summed E-state index contributed by atoms with van der Waals surface area (Å²) in [5.41, 5.74) is -0.244. The van der Waals surface area contributed by atoms with Crippen LogP contribution in [0.2, 0.25) is 0 Å². The van der Waals surface area contributed by atoms with E-state index in [9.17, 15) is 22.8 Å². The van der Waals surface area contributed by atoms with Crippen LogP contribution in [0.15, 0.2) is 36.0 Å². The highest BCUT2D eigenvalue weighted by atomic mass is 19.4. The Kier molecular flexibility index (Phi) is 3.88. The number of anilines is 1. The fraction of sp³-hybridized carbons (Fsp3) is 0.231. The van der Waals surface area contributed by atoms with Gasteiger partial charge in [0.2, 0.25) is 0 Å². The molecule has 2 N–H and O–H groups in total. The third-order valence-corrected chi connectivity index (χ3v) is 2.89. The van der Waals surface area contributed by atoms with Crippen molar-refractivity contribution in [2.75, 3.05) is 11.9 Å². The number of imide groups is 1. The van der Waals surface area contributed by atoms with Crippen LogP contribution in [0.1, 0.15) is 12.0 Å². The van der Waals surface area contributed by atoms with Gasteiger partial charge in [-0.2, -0.15) is 13.2 Å². The number of rotatable bonds is 2. The standard InChI is InChI=1S/C13H11F3N2O3/c14-13(15,16)8-2-1-3-9(6-8)17-10-4-5-18(12(20)21)11(19)7-10/h1-3,6-7,17H,4-5H2,(H,20,21). The first-order valence-electron chi connectivity index (χ1n) is 5.96. The summed E-state index contributed by atoms with van der Waals surface area (Å²) >= 11 is 0. The zero-order valence-corrected chi connectivity index (χ0v) is 10.6. The maximum absolute atomic E-state index is 12.6. The topological polar surface area (TPSA) is 69.6 Å². The second-order valence-electron chi connectivity index (χ2n) is 4.40. The highest BCUT2D eigenvalue weighted by molar-refractivity contribution is 5.99. The van der Waals surface area contributed by atoms with E-state index in [1.807, 2.05) is 0 Å². The van der Waals surface area contributed by atoms with Crippen molar-refractivity contribution >= 4 is 17.7 Å². The van der Waals surface area contributed by atoms with E-state index in [2.05, 4.69) is 5.32 Å². The second-order valence-corrected chi connectivity index (χ2v) is 4.40. The number of alkyl halides is 3. The summed E-state index contributed by atoms with van der Waals surface area (Å²) in [4.78, 5) is 22.9. The number of benzene rings is 1. The van der Waals surface area contributed by atoms with Crippen molar-refractivity contribution in [2.45, 2.75) is 12.6 Å². The fourth-order valence-electron chi connectivity index (χ4n) is 1.89. The zero-order valence-electron chi connectivity index (χ0n) is 10.6. The molecule has 8 heteroatoms. The molecule has 0 unspecified atom stereocenters. The number of halogens is 3. The minimum Gasteiger partial charge on any atom is -0.465 e. The summed E-state index contributed by atoms with van der Waals surface area (Å²) in [5, 5.41) is 11.4. The van der Waals surface area contributed by atoms with Gasteiger partial charge in [-0.1, -0.05) is 6.07 Å². The normalized spacial score (nSPS) is 15.7. The molecule has 1 aliphatic heterocycles. The van der Waals surface area contributed by atoms with Crippen molar-refractivity contribution < 1.29 is 27.9 Å². The molecule has 5 nitrogen and oxygen atoms in total. The van der Waals surface area contributed by atoms with E-state index in [0.29, 0.717) is 10.6 Å². The van der Waals surface area contributed by atoms with Crippen molar-refractivity contribution in [3.63, 3.8) is 0 Å². The molecular formula is C13H11F3N2O3. The predicted octanol–water partition coefficient (Wildman–Crippen LogP) is 2.91. The number of hydrogen-bond acceptors (Lipinski definition) is 3. The van der Waals surface area contributed by atoms with Gasteiger partial charge in [-0.15, -0.1) is 0 Å². The number of amides is 2. The van der Waals surface area contributed by atoms with Gasteiger partial charge >= 0.3 is 12.3 Å². The van der Waals surface area contributed by atoms with Crippen LogP contribution in [0.25, 0.3) is 0 Å². The summed E-state index contributed by atoms with van der Waals surface area (Å²) < 4.78 is 37.7. The van der Waals surface area contributed by atoms with Crippen molar-refractivity contribution in [2.24, 2.45) is 0 Å². The number of hydrogen-bond donors (Lipinski definition) is 2. The lowest BCUT2D eigenvalue weighted by Gasteiger charge is -2.22. The average molecular weight is 300 g/mol. The van der Waals surface area contributed by atoms with Gasteiger partial charge in [-0.3, -0.25) is 4.79 Å². The van der Waals surface area contributed by atoms with E-state index < -0.39 is 23.7 Å². The van der Waals surface area contributed by atoms with E-state index >= 15 is 0 Å². The Balaban J connectivity index is 2.15. The molecule has 0 spiro atoms. The van der Waals surface area contributed by atoms with Gasteiger partial charge in [0.05, 0.1) is 5.56 Å². The van der Waals surface area contributed by atoms with Gasteiger partial charge in [0, 0.05) is 30.4 Å². The van der Waals surface area contributed by atoms with Gasteiger partial charge in [-0.25, -0.2) is 9.69 Å². The molecule has 0 bridgehead atoms. The predicted molar refractivity (Wildman–Crippen MR) is 67.5 cm³/mol. The Morgan fingerprint density at radius 3 is 2.62 bits per heavy atom. The number of carbonyl (C=O) groups is 2. The lowest BCUT2D eigenvalue weighted by molar-refractivity contribution is -0.137. The van der Waals surface area contributed by atoms with Crippen LogP contribution in [-0.4, -0.2) is 28.6 Å². The van der Waals surface area contributed by atoms with Crippen molar-refractivity contribution in [1.29, 1.82) is 0 Å². The van der Waals surface area contributed by atoms with Crippen molar-refractivity contribution in [3.05, 3.63) is 41.6 Å². The molecule has 0 saturated heterocycles. The minimum atomic E-state index is -4.45. The van der Waals surface area contributed by atoms with Crippen LogP contribution in [0.4, 0.5) is 23.7 Å². The van der Waals surface area contributed by atoms with Crippen LogP contribution >= 0.6 is 0 Å². The lowest BCUT2D eigenvalue weighted by atomic mass is 10.1. The maximum atomic E-state index is 12.6. The van der Waals surface area contributed by atoms with Crippen molar-refractivity contribution in [3.8, 4) is 0 Å². The summed E-state index contributed by atoms with van der Waals surface area (Å²) in [6, 6.07) is 4.55. The van der Waals surface area contributed by atoms with Crippen LogP contribution in [0.3, 0.4) is 0 Å². The molecule has 0 aromatic heterocycles. The number of carboxylic acid groups (broad SMARTS) is 1. The number of nitrogens with zero attached hydrogens (tertiary/aromatic N) is 1. The summed E-state index contributed by atoms with van der Waals surface area (Å²) in [7, 11) is 0. The second kappa shape index (κ2) is 5.47. The monoisotopic (exact) mass is 300 g/mol. The molecular weight excluding hydrogens is 289 g/mol. The molecule has 21 heavy (non-hydrogen) atoms. The van der Waals surface area contributed by atoms with Crippen LogP contribution in [0.5, 0.6) is 0 Å². The molecule has 0 fully saturated rings. The molecule has 112 valence electrons. The van der Waals surface area contributed by atoms with E-state index in [0.717, 1.165) is 18.2 Å². The van der Waals surface area contributed by atoms with E-state index in [4.69, 9.17) is 5.11 Å². The van der Waals surface area contributed by atoms with Crippen LogP contribution in [0, 0.1) is 0 Å². The SMILES string of the molecule is O=C(O)N1CCC(Nc2cccc(C(F)(F)F)c2)=CC1=O. The summed E-state index contributed by atoms with van der Waals surface area (Å²) in [6.45, 7) is -0.0358. The molecule has 1 aromatic rings. The van der Waals surface area contributed by atoms with E-state index in [-0.39, 0.29) is 18.7 Å². The zero-order chi connectivity index (χ0) is 15.6. The third-order valence-electron chi connectivity index (χ3n) is 2.89. The summed E-state index contributed by atoms with van der Waals surface area (Å²) in [6.07, 6.45) is -4.52. The quantitative estimate of drug-likeness (QED) is 0.881. The Hall–Kier alpha value is -2.51. The number of nitrogens with one attached hydrogen (secondary N) is 1. The molecule has 0 atom stereocenters.